The first-order valence-corrected chi connectivity index (χ1v) is 6.08. The number of carbonyl (C=O) groups is 1. The monoisotopic (exact) mass is 249 g/mol. The fourth-order valence-electron chi connectivity index (χ4n) is 2.13. The number of piperazine rings is 1. The van der Waals surface area contributed by atoms with Crippen LogP contribution < -0.4 is 11.3 Å². The molecule has 0 bridgehead atoms. The van der Waals surface area contributed by atoms with E-state index >= 15 is 0 Å². The lowest BCUT2D eigenvalue weighted by molar-refractivity contribution is -0.130. The minimum atomic E-state index is 0.160. The van der Waals surface area contributed by atoms with Gasteiger partial charge < -0.3 is 10.3 Å². The van der Waals surface area contributed by atoms with Gasteiger partial charge in [0, 0.05) is 45.8 Å². The van der Waals surface area contributed by atoms with Gasteiger partial charge in [0.15, 0.2) is 0 Å². The predicted molar refractivity (Wildman–Crippen MR) is 69.6 cm³/mol. The lowest BCUT2D eigenvalue weighted by atomic mass is 10.2. The average molecular weight is 249 g/mol. The van der Waals surface area contributed by atoms with Crippen LogP contribution in [0.15, 0.2) is 18.3 Å². The minimum Gasteiger partial charge on any atom is -0.340 e. The van der Waals surface area contributed by atoms with Gasteiger partial charge in [-0.05, 0) is 17.7 Å². The molecule has 98 valence electrons. The number of hydrogen-bond donors (Lipinski definition) is 2. The Kier molecular flexibility index (Phi) is 4.11. The zero-order valence-corrected chi connectivity index (χ0v) is 10.6. The van der Waals surface area contributed by atoms with Gasteiger partial charge in [0.1, 0.15) is 5.82 Å². The number of nitrogen functional groups attached to an aromatic ring is 1. The second-order valence-electron chi connectivity index (χ2n) is 4.48. The quantitative estimate of drug-likeness (QED) is 0.584. The molecule has 1 aromatic rings. The number of pyridine rings is 1. The van der Waals surface area contributed by atoms with Crippen molar-refractivity contribution < 1.29 is 4.79 Å². The largest absolute Gasteiger partial charge is 0.340 e. The molecule has 0 atom stereocenters. The number of hydrogen-bond acceptors (Lipinski definition) is 5. The van der Waals surface area contributed by atoms with Gasteiger partial charge in [-0.1, -0.05) is 0 Å². The van der Waals surface area contributed by atoms with Gasteiger partial charge in [-0.15, -0.1) is 0 Å². The number of nitrogens with one attached hydrogen (secondary N) is 1. The molecule has 2 rings (SSSR count). The second-order valence-corrected chi connectivity index (χ2v) is 4.48. The molecular formula is C12H19N5O. The number of anilines is 1. The molecule has 2 heterocycles. The number of aromatic nitrogens is 1. The summed E-state index contributed by atoms with van der Waals surface area (Å²) in [6, 6.07) is 3.93. The third-order valence-corrected chi connectivity index (χ3v) is 3.20. The molecule has 0 unspecified atom stereocenters. The maximum Gasteiger partial charge on any atom is 0.219 e. The first-order valence-electron chi connectivity index (χ1n) is 6.08. The predicted octanol–water partition coefficient (Wildman–Crippen LogP) is 0.0313. The Hall–Kier alpha value is -1.66. The number of nitrogens with zero attached hydrogens (tertiary/aromatic N) is 3. The van der Waals surface area contributed by atoms with Gasteiger partial charge in [-0.3, -0.25) is 9.69 Å². The number of nitrogens with two attached hydrogens (primary N) is 1. The highest BCUT2D eigenvalue weighted by molar-refractivity contribution is 5.73. The van der Waals surface area contributed by atoms with Crippen LogP contribution in [0, 0.1) is 0 Å². The second kappa shape index (κ2) is 5.79. The maximum atomic E-state index is 11.2. The summed E-state index contributed by atoms with van der Waals surface area (Å²) in [6.45, 7) is 5.92. The summed E-state index contributed by atoms with van der Waals surface area (Å²) >= 11 is 0. The van der Waals surface area contributed by atoms with E-state index in [1.165, 1.54) is 5.56 Å². The maximum absolute atomic E-state index is 11.2. The van der Waals surface area contributed by atoms with Crippen molar-refractivity contribution in [3.8, 4) is 0 Å². The fourth-order valence-corrected chi connectivity index (χ4v) is 2.13. The van der Waals surface area contributed by atoms with E-state index in [-0.39, 0.29) is 5.91 Å². The molecule has 3 N–H and O–H groups in total. The van der Waals surface area contributed by atoms with E-state index in [4.69, 9.17) is 5.84 Å². The first kappa shape index (κ1) is 12.8. The van der Waals surface area contributed by atoms with Crippen LogP contribution in [0.5, 0.6) is 0 Å². The highest BCUT2D eigenvalue weighted by Crippen LogP contribution is 2.11. The van der Waals surface area contributed by atoms with Crippen molar-refractivity contribution in [1.82, 2.24) is 14.8 Å². The first-order chi connectivity index (χ1) is 8.69. The number of carbonyl (C=O) groups excluding carboxylic acids is 1. The van der Waals surface area contributed by atoms with E-state index in [1.807, 2.05) is 17.0 Å². The van der Waals surface area contributed by atoms with Crippen LogP contribution in [0.4, 0.5) is 5.82 Å². The molecule has 0 aromatic carbocycles. The van der Waals surface area contributed by atoms with Gasteiger partial charge in [-0.25, -0.2) is 10.8 Å². The molecule has 6 nitrogen and oxygen atoms in total. The Morgan fingerprint density at radius 3 is 2.78 bits per heavy atom. The summed E-state index contributed by atoms with van der Waals surface area (Å²) in [7, 11) is 0. The van der Waals surface area contributed by atoms with E-state index < -0.39 is 0 Å². The van der Waals surface area contributed by atoms with Crippen molar-refractivity contribution in [2.45, 2.75) is 13.5 Å². The van der Waals surface area contributed by atoms with Crippen molar-refractivity contribution in [3.05, 3.63) is 23.9 Å². The Bertz CT molecular complexity index is 415. The SMILES string of the molecule is CC(=O)N1CCN(Cc2ccnc(NN)c2)CC1. The van der Waals surface area contributed by atoms with Crippen LogP contribution in [-0.4, -0.2) is 46.9 Å². The zero-order chi connectivity index (χ0) is 13.0. The molecule has 1 aliphatic rings. The van der Waals surface area contributed by atoms with Gasteiger partial charge in [-0.2, -0.15) is 0 Å². The molecule has 1 aliphatic heterocycles. The molecular weight excluding hydrogens is 230 g/mol. The summed E-state index contributed by atoms with van der Waals surface area (Å²) in [5, 5.41) is 0. The summed E-state index contributed by atoms with van der Waals surface area (Å²) in [5.41, 5.74) is 3.72. The zero-order valence-electron chi connectivity index (χ0n) is 10.6. The fraction of sp³-hybridized carbons (Fsp3) is 0.500. The van der Waals surface area contributed by atoms with Crippen LogP contribution in [0.1, 0.15) is 12.5 Å². The molecule has 1 saturated heterocycles. The minimum absolute atomic E-state index is 0.160. The van der Waals surface area contributed by atoms with Crippen molar-refractivity contribution in [2.75, 3.05) is 31.6 Å². The smallest absolute Gasteiger partial charge is 0.219 e. The molecule has 0 saturated carbocycles. The number of amides is 1. The van der Waals surface area contributed by atoms with Crippen molar-refractivity contribution in [2.24, 2.45) is 5.84 Å². The number of rotatable bonds is 3. The molecule has 1 amide bonds. The van der Waals surface area contributed by atoms with E-state index in [9.17, 15) is 4.79 Å². The van der Waals surface area contributed by atoms with E-state index in [1.54, 1.807) is 13.1 Å². The number of hydrazine groups is 1. The van der Waals surface area contributed by atoms with Crippen LogP contribution in [0.2, 0.25) is 0 Å². The van der Waals surface area contributed by atoms with Crippen LogP contribution in [0.3, 0.4) is 0 Å². The normalized spacial score (nSPS) is 16.7. The van der Waals surface area contributed by atoms with Gasteiger partial charge >= 0.3 is 0 Å². The molecule has 0 spiro atoms. The Labute approximate surface area is 107 Å². The van der Waals surface area contributed by atoms with Crippen molar-refractivity contribution >= 4 is 11.7 Å². The van der Waals surface area contributed by atoms with Crippen LogP contribution in [0.25, 0.3) is 0 Å². The Morgan fingerprint density at radius 1 is 1.44 bits per heavy atom. The van der Waals surface area contributed by atoms with Gasteiger partial charge in [0.05, 0.1) is 0 Å². The third kappa shape index (κ3) is 3.18. The van der Waals surface area contributed by atoms with E-state index in [2.05, 4.69) is 15.3 Å². The topological polar surface area (TPSA) is 74.5 Å². The van der Waals surface area contributed by atoms with Gasteiger partial charge in [0.25, 0.3) is 0 Å². The van der Waals surface area contributed by atoms with Crippen LogP contribution >= 0.6 is 0 Å². The Balaban J connectivity index is 1.89. The average Bonchev–Trinajstić information content (AvgIpc) is 2.39. The summed E-state index contributed by atoms with van der Waals surface area (Å²) in [4.78, 5) is 19.5. The molecule has 0 radical (unpaired) electrons. The lowest BCUT2D eigenvalue weighted by Crippen LogP contribution is -2.47. The third-order valence-electron chi connectivity index (χ3n) is 3.20. The standard InChI is InChI=1S/C12H19N5O/c1-10(18)17-6-4-16(5-7-17)9-11-2-3-14-12(8-11)15-13/h2-3,8H,4-7,9,13H2,1H3,(H,14,15). The molecule has 1 fully saturated rings. The Morgan fingerprint density at radius 2 is 2.17 bits per heavy atom. The van der Waals surface area contributed by atoms with Crippen molar-refractivity contribution in [1.29, 1.82) is 0 Å². The van der Waals surface area contributed by atoms with Crippen LogP contribution in [-0.2, 0) is 11.3 Å². The molecule has 1 aromatic heterocycles. The highest BCUT2D eigenvalue weighted by atomic mass is 16.2. The van der Waals surface area contributed by atoms with E-state index in [0.717, 1.165) is 32.7 Å². The summed E-state index contributed by atoms with van der Waals surface area (Å²) < 4.78 is 0. The summed E-state index contributed by atoms with van der Waals surface area (Å²) in [6.07, 6.45) is 1.75. The molecule has 0 aliphatic carbocycles. The molecule has 18 heavy (non-hydrogen) atoms. The summed E-state index contributed by atoms with van der Waals surface area (Å²) in [5.74, 6) is 6.17. The van der Waals surface area contributed by atoms with Crippen molar-refractivity contribution in [3.63, 3.8) is 0 Å². The van der Waals surface area contributed by atoms with Gasteiger partial charge in [0.2, 0.25) is 5.91 Å². The lowest BCUT2D eigenvalue weighted by Gasteiger charge is -2.34. The van der Waals surface area contributed by atoms with E-state index in [0.29, 0.717) is 5.82 Å². The molecule has 6 heteroatoms. The highest BCUT2D eigenvalue weighted by Gasteiger charge is 2.18.